The first kappa shape index (κ1) is 14.3. The van der Waals surface area contributed by atoms with E-state index >= 15 is 0 Å². The molecule has 4 N–H and O–H groups in total. The van der Waals surface area contributed by atoms with Crippen LogP contribution in [0.25, 0.3) is 0 Å². The van der Waals surface area contributed by atoms with E-state index in [4.69, 9.17) is 24.3 Å². The molecule has 0 aromatic rings. The molecule has 94 valence electrons. The monoisotopic (exact) mass is 277 g/mol. The molecular formula is C5H11O9P2+. The van der Waals surface area contributed by atoms with Gasteiger partial charge in [-0.15, -0.1) is 0 Å². The first-order valence-electron chi connectivity index (χ1n) is 4.08. The third-order valence-corrected chi connectivity index (χ3v) is 2.72. The van der Waals surface area contributed by atoms with Gasteiger partial charge in [0, 0.05) is 0 Å². The zero-order valence-electron chi connectivity index (χ0n) is 7.87. The second-order valence-electron chi connectivity index (χ2n) is 3.00. The van der Waals surface area contributed by atoms with Gasteiger partial charge in [-0.05, 0) is 0 Å². The van der Waals surface area contributed by atoms with Gasteiger partial charge in [-0.1, -0.05) is 0 Å². The Bertz CT molecular complexity index is 270. The van der Waals surface area contributed by atoms with E-state index < -0.39 is 34.8 Å². The zero-order valence-corrected chi connectivity index (χ0v) is 9.66. The Morgan fingerprint density at radius 3 is 2.69 bits per heavy atom. The topological polar surface area (TPSA) is 149 Å². The summed E-state index contributed by atoms with van der Waals surface area (Å²) in [6, 6.07) is 0. The van der Waals surface area contributed by atoms with E-state index in [-0.39, 0.29) is 6.42 Å². The van der Waals surface area contributed by atoms with Crippen molar-refractivity contribution in [3.05, 3.63) is 6.61 Å². The number of phosphoric ester groups is 2. The van der Waals surface area contributed by atoms with Crippen LogP contribution in [0.3, 0.4) is 0 Å². The van der Waals surface area contributed by atoms with E-state index in [0.717, 1.165) is 0 Å². The van der Waals surface area contributed by atoms with E-state index in [0.29, 0.717) is 0 Å². The smallest absolute Gasteiger partial charge is 0.470 e. The minimum absolute atomic E-state index is 0.0975. The normalized spacial score (nSPS) is 26.8. The van der Waals surface area contributed by atoms with Crippen LogP contribution in [-0.4, -0.2) is 38.4 Å². The van der Waals surface area contributed by atoms with Crippen molar-refractivity contribution in [3.63, 3.8) is 0 Å². The van der Waals surface area contributed by atoms with Crippen molar-refractivity contribution < 1.29 is 42.8 Å². The largest absolute Gasteiger partial charge is 0.606 e. The van der Waals surface area contributed by atoms with Crippen molar-refractivity contribution in [3.8, 4) is 0 Å². The van der Waals surface area contributed by atoms with Crippen LogP contribution in [0.5, 0.6) is 0 Å². The Morgan fingerprint density at radius 1 is 1.56 bits per heavy atom. The maximum absolute atomic E-state index is 10.5. The van der Waals surface area contributed by atoms with Crippen molar-refractivity contribution in [2.75, 3.05) is 6.61 Å². The summed E-state index contributed by atoms with van der Waals surface area (Å²) in [7, 11) is -9.31. The maximum atomic E-state index is 10.5. The molecule has 1 aliphatic rings. The van der Waals surface area contributed by atoms with Gasteiger partial charge in [0.2, 0.25) is 6.61 Å². The summed E-state index contributed by atoms with van der Waals surface area (Å²) in [5.74, 6) is 0. The molecule has 16 heavy (non-hydrogen) atoms. The molecule has 1 aliphatic heterocycles. The summed E-state index contributed by atoms with van der Waals surface area (Å²) in [6.45, 7) is 0.708. The molecule has 0 unspecified atom stereocenters. The van der Waals surface area contributed by atoms with Gasteiger partial charge in [0.05, 0.1) is 0 Å². The molecule has 0 saturated carbocycles. The highest BCUT2D eigenvalue weighted by molar-refractivity contribution is 7.51. The van der Waals surface area contributed by atoms with E-state index in [9.17, 15) is 9.46 Å². The van der Waals surface area contributed by atoms with Crippen molar-refractivity contribution in [1.82, 2.24) is 0 Å². The van der Waals surface area contributed by atoms with Crippen LogP contribution in [0.1, 0.15) is 6.42 Å². The fourth-order valence-corrected chi connectivity index (χ4v) is 2.03. The molecule has 1 heterocycles. The fourth-order valence-electron chi connectivity index (χ4n) is 1.12. The number of rotatable bonds is 5. The Labute approximate surface area is 91.5 Å². The van der Waals surface area contributed by atoms with E-state index in [1.165, 1.54) is 6.61 Å². The number of ether oxygens (including phenoxy) is 1. The van der Waals surface area contributed by atoms with Crippen molar-refractivity contribution in [2.24, 2.45) is 0 Å². The molecule has 9 nitrogen and oxygen atoms in total. The maximum Gasteiger partial charge on any atom is 0.470 e. The summed E-state index contributed by atoms with van der Waals surface area (Å²) in [5, 5.41) is 0. The standard InChI is InChI=1S/C5H10O9P2/c6-15(7,8)13-3-5-4(1-2-12-5)14-16(9,10)11/h2,4-5H,1,3H2,(H3-,6,7,8,9,10,11)/p+1/t4-,5+/m0/s1. The van der Waals surface area contributed by atoms with Gasteiger partial charge in [-0.2, -0.15) is 19.0 Å². The molecule has 0 aromatic heterocycles. The molecule has 0 aliphatic carbocycles. The van der Waals surface area contributed by atoms with Crippen molar-refractivity contribution in [1.29, 1.82) is 0 Å². The van der Waals surface area contributed by atoms with Crippen molar-refractivity contribution in [2.45, 2.75) is 18.6 Å². The third-order valence-electron chi connectivity index (χ3n) is 1.69. The summed E-state index contributed by atoms with van der Waals surface area (Å²) in [6.07, 6.45) is -1.85. The lowest BCUT2D eigenvalue weighted by Gasteiger charge is -2.17. The molecule has 1 saturated heterocycles. The highest BCUT2D eigenvalue weighted by Gasteiger charge is 2.43. The Balaban J connectivity index is 2.44. The lowest BCUT2D eigenvalue weighted by atomic mass is 10.2. The van der Waals surface area contributed by atoms with Gasteiger partial charge in [-0.25, -0.2) is 4.57 Å². The minimum atomic E-state index is -4.67. The molecule has 0 bridgehead atoms. The van der Waals surface area contributed by atoms with E-state index in [2.05, 4.69) is 9.05 Å². The summed E-state index contributed by atoms with van der Waals surface area (Å²) in [5.41, 5.74) is 0. The molecule has 0 radical (unpaired) electrons. The predicted molar refractivity (Wildman–Crippen MR) is 48.0 cm³/mol. The van der Waals surface area contributed by atoms with Gasteiger partial charge < -0.3 is 14.7 Å². The number of hydrogen-bond acceptors (Lipinski definition) is 7. The summed E-state index contributed by atoms with van der Waals surface area (Å²) >= 11 is 0. The highest BCUT2D eigenvalue weighted by atomic mass is 31.2. The van der Waals surface area contributed by atoms with E-state index in [1.54, 1.807) is 0 Å². The number of hydrogen-bond donors (Lipinski definition) is 4. The molecular weight excluding hydrogens is 266 g/mol. The van der Waals surface area contributed by atoms with Crippen LogP contribution in [0.2, 0.25) is 0 Å². The van der Waals surface area contributed by atoms with Crippen LogP contribution in [-0.2, 0) is 18.3 Å². The third kappa shape index (κ3) is 5.51. The molecule has 11 heteroatoms. The lowest BCUT2D eigenvalue weighted by molar-refractivity contribution is -0.239. The fraction of sp³-hybridized carbons (Fsp3) is 0.800. The Kier molecular flexibility index (Phi) is 4.67. The van der Waals surface area contributed by atoms with Crippen LogP contribution in [0.15, 0.2) is 0 Å². The summed E-state index contributed by atoms with van der Waals surface area (Å²) < 4.78 is 23.9. The minimum Gasteiger partial charge on any atom is -0.606 e. The highest BCUT2D eigenvalue weighted by Crippen LogP contribution is 2.44. The van der Waals surface area contributed by atoms with Crippen LogP contribution < -0.4 is 4.89 Å². The molecule has 1 fully saturated rings. The average molecular weight is 277 g/mol. The molecule has 2 atom stereocenters. The van der Waals surface area contributed by atoms with Gasteiger partial charge >= 0.3 is 16.0 Å². The van der Waals surface area contributed by atoms with Crippen LogP contribution in [0.4, 0.5) is 0 Å². The SMILES string of the molecule is O=P(O)(O)O[C@H]1C[CH+]O[C@@H]1CO[P+]([O-])(O)O. The van der Waals surface area contributed by atoms with Gasteiger partial charge in [-0.3, -0.25) is 4.52 Å². The zero-order chi connectivity index (χ0) is 12.4. The molecule has 0 spiro atoms. The van der Waals surface area contributed by atoms with Gasteiger partial charge in [0.25, 0.3) is 0 Å². The summed E-state index contributed by atoms with van der Waals surface area (Å²) in [4.78, 5) is 44.3. The average Bonchev–Trinajstić information content (AvgIpc) is 2.44. The Morgan fingerprint density at radius 2 is 2.19 bits per heavy atom. The number of phosphoric acid groups is 2. The Hall–Kier alpha value is 0.210. The quantitative estimate of drug-likeness (QED) is 0.346. The lowest BCUT2D eigenvalue weighted by Crippen LogP contribution is -2.29. The van der Waals surface area contributed by atoms with Gasteiger partial charge in [0.15, 0.2) is 12.5 Å². The predicted octanol–water partition coefficient (Wildman–Crippen LogP) is -1.55. The first-order chi connectivity index (χ1) is 7.17. The van der Waals surface area contributed by atoms with Crippen molar-refractivity contribution >= 4 is 16.0 Å². The second kappa shape index (κ2) is 5.24. The molecule has 1 rings (SSSR count). The molecule has 0 aromatic carbocycles. The van der Waals surface area contributed by atoms with Crippen LogP contribution >= 0.6 is 16.0 Å². The second-order valence-corrected chi connectivity index (χ2v) is 5.43. The molecule has 0 amide bonds. The van der Waals surface area contributed by atoms with Crippen LogP contribution in [0, 0.1) is 6.61 Å². The first-order valence-corrected chi connectivity index (χ1v) is 7.14. The van der Waals surface area contributed by atoms with Gasteiger partial charge in [0.1, 0.15) is 12.7 Å². The van der Waals surface area contributed by atoms with E-state index in [1.807, 2.05) is 0 Å².